The van der Waals surface area contributed by atoms with Crippen LogP contribution in [0.15, 0.2) is 42.5 Å². The highest BCUT2D eigenvalue weighted by atomic mass is 35.5. The van der Waals surface area contributed by atoms with Gasteiger partial charge in [-0.2, -0.15) is 0 Å². The van der Waals surface area contributed by atoms with Crippen molar-refractivity contribution < 1.29 is 10.0 Å². The van der Waals surface area contributed by atoms with Crippen LogP contribution >= 0.6 is 23.2 Å². The molecule has 2 rings (SSSR count). The second-order valence-electron chi connectivity index (χ2n) is 4.29. The normalized spacial score (nSPS) is 12.2. The molecule has 0 amide bonds. The molecule has 0 radical (unpaired) electrons. The third kappa shape index (κ3) is 3.28. The summed E-state index contributed by atoms with van der Waals surface area (Å²) in [5, 5.41) is 21.4. The maximum absolute atomic E-state index is 10.6. The minimum Gasteiger partial charge on any atom is -0.388 e. The molecule has 0 bridgehead atoms. The molecule has 0 aliphatic rings. The Balaban J connectivity index is 2.17. The summed E-state index contributed by atoms with van der Waals surface area (Å²) in [6.45, 7) is 0. The minimum absolute atomic E-state index is 0.0176. The maximum atomic E-state index is 10.6. The molecule has 2 aromatic carbocycles. The van der Waals surface area contributed by atoms with Crippen LogP contribution in [-0.4, -0.2) is 10.0 Å². The average Bonchev–Trinajstić information content (AvgIpc) is 2.42. The van der Waals surface area contributed by atoms with E-state index >= 15 is 0 Å². The number of nitrogens with zero attached hydrogens (tertiary/aromatic N) is 1. The molecule has 0 aromatic heterocycles. The number of halogens is 2. The summed E-state index contributed by atoms with van der Waals surface area (Å²) in [6.07, 6.45) is -0.513. The van der Waals surface area contributed by atoms with Crippen LogP contribution in [0.25, 0.3) is 0 Å². The lowest BCUT2D eigenvalue weighted by Crippen LogP contribution is -2.03. The van der Waals surface area contributed by atoms with Gasteiger partial charge < -0.3 is 5.11 Å². The van der Waals surface area contributed by atoms with E-state index in [0.717, 1.165) is 5.56 Å². The number of hydrogen-bond acceptors (Lipinski definition) is 3. The van der Waals surface area contributed by atoms with Crippen LogP contribution in [0.4, 0.5) is 5.69 Å². The van der Waals surface area contributed by atoms with Gasteiger partial charge >= 0.3 is 0 Å². The third-order valence-corrected chi connectivity index (χ3v) is 3.75. The zero-order valence-corrected chi connectivity index (χ0v) is 11.8. The largest absolute Gasteiger partial charge is 0.388 e. The van der Waals surface area contributed by atoms with Crippen molar-refractivity contribution in [1.29, 1.82) is 0 Å². The Morgan fingerprint density at radius 2 is 1.80 bits per heavy atom. The standard InChI is InChI=1S/C14H11Cl2NO3/c15-12-3-1-2-11(14(12)16)13(18)8-9-4-6-10(7-5-9)17(19)20/h1-7,13,18H,8H2. The number of rotatable bonds is 4. The molecular weight excluding hydrogens is 301 g/mol. The van der Waals surface area contributed by atoms with Crippen LogP contribution in [0.5, 0.6) is 0 Å². The van der Waals surface area contributed by atoms with Gasteiger partial charge in [-0.25, -0.2) is 0 Å². The summed E-state index contributed by atoms with van der Waals surface area (Å²) in [5.41, 5.74) is 1.33. The highest BCUT2D eigenvalue weighted by molar-refractivity contribution is 6.42. The van der Waals surface area contributed by atoms with Crippen LogP contribution in [0.2, 0.25) is 10.0 Å². The lowest BCUT2D eigenvalue weighted by Gasteiger charge is -2.13. The number of nitro groups is 1. The first-order valence-corrected chi connectivity index (χ1v) is 6.60. The third-order valence-electron chi connectivity index (χ3n) is 2.92. The topological polar surface area (TPSA) is 63.4 Å². The van der Waals surface area contributed by atoms with E-state index in [4.69, 9.17) is 23.2 Å². The predicted molar refractivity (Wildman–Crippen MR) is 78.2 cm³/mol. The molecule has 2 aromatic rings. The molecule has 0 heterocycles. The van der Waals surface area contributed by atoms with Gasteiger partial charge in [0, 0.05) is 24.1 Å². The Kier molecular flexibility index (Phi) is 4.60. The van der Waals surface area contributed by atoms with Gasteiger partial charge in [0.05, 0.1) is 21.1 Å². The first-order chi connectivity index (χ1) is 9.49. The van der Waals surface area contributed by atoms with Crippen LogP contribution in [0.3, 0.4) is 0 Å². The van der Waals surface area contributed by atoms with Crippen molar-refractivity contribution in [1.82, 2.24) is 0 Å². The summed E-state index contributed by atoms with van der Waals surface area (Å²) < 4.78 is 0. The number of non-ortho nitro benzene ring substituents is 1. The fourth-order valence-electron chi connectivity index (χ4n) is 1.86. The van der Waals surface area contributed by atoms with Gasteiger partial charge in [0.2, 0.25) is 0 Å². The minimum atomic E-state index is -0.817. The van der Waals surface area contributed by atoms with Crippen LogP contribution in [0.1, 0.15) is 17.2 Å². The zero-order valence-electron chi connectivity index (χ0n) is 10.3. The molecule has 0 saturated carbocycles. The lowest BCUT2D eigenvalue weighted by molar-refractivity contribution is -0.384. The SMILES string of the molecule is O=[N+]([O-])c1ccc(CC(O)c2cccc(Cl)c2Cl)cc1. The number of benzene rings is 2. The van der Waals surface area contributed by atoms with E-state index in [1.807, 2.05) is 0 Å². The molecule has 0 aliphatic heterocycles. The molecule has 1 atom stereocenters. The van der Waals surface area contributed by atoms with E-state index in [0.29, 0.717) is 22.0 Å². The molecule has 4 nitrogen and oxygen atoms in total. The van der Waals surface area contributed by atoms with Crippen molar-refractivity contribution in [2.24, 2.45) is 0 Å². The first-order valence-electron chi connectivity index (χ1n) is 5.84. The summed E-state index contributed by atoms with van der Waals surface area (Å²) in [4.78, 5) is 10.1. The highest BCUT2D eigenvalue weighted by Crippen LogP contribution is 2.31. The van der Waals surface area contributed by atoms with Gasteiger partial charge in [-0.05, 0) is 11.6 Å². The Bertz CT molecular complexity index is 629. The van der Waals surface area contributed by atoms with Gasteiger partial charge in [-0.15, -0.1) is 0 Å². The molecule has 0 saturated heterocycles. The number of nitro benzene ring substituents is 1. The van der Waals surface area contributed by atoms with E-state index in [-0.39, 0.29) is 5.69 Å². The Morgan fingerprint density at radius 3 is 2.40 bits per heavy atom. The smallest absolute Gasteiger partial charge is 0.269 e. The van der Waals surface area contributed by atoms with E-state index in [1.165, 1.54) is 12.1 Å². The average molecular weight is 312 g/mol. The molecule has 1 unspecified atom stereocenters. The molecule has 0 aliphatic carbocycles. The van der Waals surface area contributed by atoms with Gasteiger partial charge in [-0.1, -0.05) is 47.5 Å². The van der Waals surface area contributed by atoms with Crippen molar-refractivity contribution in [2.75, 3.05) is 0 Å². The second kappa shape index (κ2) is 6.22. The van der Waals surface area contributed by atoms with E-state index in [9.17, 15) is 15.2 Å². The van der Waals surface area contributed by atoms with Crippen molar-refractivity contribution in [3.05, 3.63) is 73.8 Å². The second-order valence-corrected chi connectivity index (χ2v) is 5.07. The Labute approximate surface area is 125 Å². The van der Waals surface area contributed by atoms with Crippen molar-refractivity contribution in [2.45, 2.75) is 12.5 Å². The molecule has 20 heavy (non-hydrogen) atoms. The zero-order chi connectivity index (χ0) is 14.7. The predicted octanol–water partition coefficient (Wildman–Crippen LogP) is 4.18. The van der Waals surface area contributed by atoms with Crippen molar-refractivity contribution >= 4 is 28.9 Å². The van der Waals surface area contributed by atoms with Crippen LogP contribution in [0, 0.1) is 10.1 Å². The fourth-order valence-corrected chi connectivity index (χ4v) is 2.30. The summed E-state index contributed by atoms with van der Waals surface area (Å²) in [5.74, 6) is 0. The molecule has 104 valence electrons. The molecule has 6 heteroatoms. The van der Waals surface area contributed by atoms with Gasteiger partial charge in [0.1, 0.15) is 0 Å². The van der Waals surface area contributed by atoms with E-state index in [2.05, 4.69) is 0 Å². The van der Waals surface area contributed by atoms with E-state index < -0.39 is 11.0 Å². The van der Waals surface area contributed by atoms with Crippen LogP contribution < -0.4 is 0 Å². The maximum Gasteiger partial charge on any atom is 0.269 e. The number of hydrogen-bond donors (Lipinski definition) is 1. The van der Waals surface area contributed by atoms with Crippen molar-refractivity contribution in [3.8, 4) is 0 Å². The lowest BCUT2D eigenvalue weighted by atomic mass is 10.0. The van der Waals surface area contributed by atoms with Crippen LogP contribution in [-0.2, 0) is 6.42 Å². The number of aliphatic hydroxyl groups is 1. The van der Waals surface area contributed by atoms with E-state index in [1.54, 1.807) is 30.3 Å². The van der Waals surface area contributed by atoms with Gasteiger partial charge in [0.15, 0.2) is 0 Å². The Morgan fingerprint density at radius 1 is 1.15 bits per heavy atom. The van der Waals surface area contributed by atoms with Gasteiger partial charge in [0.25, 0.3) is 5.69 Å². The molecule has 1 N–H and O–H groups in total. The first kappa shape index (κ1) is 14.8. The highest BCUT2D eigenvalue weighted by Gasteiger charge is 2.14. The molecule has 0 fully saturated rings. The van der Waals surface area contributed by atoms with Gasteiger partial charge in [-0.3, -0.25) is 10.1 Å². The Hall–Kier alpha value is -1.62. The monoisotopic (exact) mass is 311 g/mol. The molecular formula is C14H11Cl2NO3. The summed E-state index contributed by atoms with van der Waals surface area (Å²) in [6, 6.07) is 11.1. The summed E-state index contributed by atoms with van der Waals surface area (Å²) >= 11 is 11.9. The molecule has 0 spiro atoms. The quantitative estimate of drug-likeness (QED) is 0.680. The summed E-state index contributed by atoms with van der Waals surface area (Å²) in [7, 11) is 0. The van der Waals surface area contributed by atoms with Crippen molar-refractivity contribution in [3.63, 3.8) is 0 Å². The number of aliphatic hydroxyl groups excluding tert-OH is 1. The fraction of sp³-hybridized carbons (Fsp3) is 0.143.